The highest BCUT2D eigenvalue weighted by Gasteiger charge is 2.22. The van der Waals surface area contributed by atoms with Crippen molar-refractivity contribution in [2.45, 2.75) is 66.7 Å². The third kappa shape index (κ3) is 8.09. The smallest absolute Gasteiger partial charge is 0.212 e. The average Bonchev–Trinajstić information content (AvgIpc) is 2.24. The highest BCUT2D eigenvalue weighted by atomic mass is 32.2. The quantitative estimate of drug-likeness (QED) is 0.645. The predicted molar refractivity (Wildman–Crippen MR) is 79.2 cm³/mol. The summed E-state index contributed by atoms with van der Waals surface area (Å²) in [5.41, 5.74) is 0.185. The van der Waals surface area contributed by atoms with E-state index in [0.717, 1.165) is 32.1 Å². The normalized spacial score (nSPS) is 13.2. The van der Waals surface area contributed by atoms with Gasteiger partial charge in [-0.15, -0.1) is 0 Å². The van der Waals surface area contributed by atoms with Crippen LogP contribution < -0.4 is 0 Å². The topological polar surface area (TPSA) is 37.4 Å². The van der Waals surface area contributed by atoms with Gasteiger partial charge in [0.05, 0.1) is 5.75 Å². The molecule has 0 atom stereocenters. The van der Waals surface area contributed by atoms with Gasteiger partial charge >= 0.3 is 0 Å². The molecule has 0 aliphatic heterocycles. The molecule has 0 heterocycles. The summed E-state index contributed by atoms with van der Waals surface area (Å²) >= 11 is 0. The van der Waals surface area contributed by atoms with E-state index in [2.05, 4.69) is 27.7 Å². The maximum Gasteiger partial charge on any atom is 0.214 e. The number of nitrogens with zero attached hydrogens (tertiary/aromatic N) is 1. The minimum Gasteiger partial charge on any atom is -0.212 e. The molecule has 110 valence electrons. The molecule has 0 rings (SSSR count). The van der Waals surface area contributed by atoms with Crippen LogP contribution in [-0.4, -0.2) is 31.6 Å². The number of hydrogen-bond donors (Lipinski definition) is 0. The highest BCUT2D eigenvalue weighted by molar-refractivity contribution is 7.89. The van der Waals surface area contributed by atoms with Gasteiger partial charge in [0, 0.05) is 13.1 Å². The fraction of sp³-hybridized carbons (Fsp3) is 1.00. The molecule has 18 heavy (non-hydrogen) atoms. The van der Waals surface area contributed by atoms with Gasteiger partial charge in [-0.3, -0.25) is 0 Å². The van der Waals surface area contributed by atoms with Crippen LogP contribution in [0.2, 0.25) is 0 Å². The molecule has 0 aromatic carbocycles. The zero-order valence-corrected chi connectivity index (χ0v) is 13.6. The van der Waals surface area contributed by atoms with E-state index >= 15 is 0 Å². The van der Waals surface area contributed by atoms with Crippen molar-refractivity contribution < 1.29 is 8.42 Å². The Morgan fingerprint density at radius 1 is 0.944 bits per heavy atom. The first kappa shape index (κ1) is 17.9. The summed E-state index contributed by atoms with van der Waals surface area (Å²) in [5, 5.41) is 0. The van der Waals surface area contributed by atoms with Gasteiger partial charge in [0.25, 0.3) is 0 Å². The number of rotatable bonds is 9. The first-order valence-corrected chi connectivity index (χ1v) is 8.81. The van der Waals surface area contributed by atoms with Crippen LogP contribution >= 0.6 is 0 Å². The Bertz CT molecular complexity index is 304. The second-order valence-electron chi connectivity index (χ2n) is 6.23. The summed E-state index contributed by atoms with van der Waals surface area (Å²) in [6, 6.07) is 0. The summed E-state index contributed by atoms with van der Waals surface area (Å²) in [6.07, 6.45) is 4.60. The summed E-state index contributed by atoms with van der Waals surface area (Å²) in [6.45, 7) is 11.9. The van der Waals surface area contributed by atoms with Crippen LogP contribution in [-0.2, 0) is 10.0 Å². The Labute approximate surface area is 114 Å². The van der Waals surface area contributed by atoms with Crippen LogP contribution in [0.25, 0.3) is 0 Å². The molecule has 0 saturated heterocycles. The molecular formula is C14H31NO2S. The maximum absolute atomic E-state index is 12.2. The highest BCUT2D eigenvalue weighted by Crippen LogP contribution is 2.20. The Hall–Kier alpha value is -0.0900. The second-order valence-corrected chi connectivity index (χ2v) is 8.32. The Balaban J connectivity index is 4.55. The van der Waals surface area contributed by atoms with Crippen molar-refractivity contribution >= 4 is 10.0 Å². The summed E-state index contributed by atoms with van der Waals surface area (Å²) < 4.78 is 26.2. The lowest BCUT2D eigenvalue weighted by molar-refractivity contribution is 0.307. The molecule has 0 aromatic heterocycles. The molecule has 3 nitrogen and oxygen atoms in total. The third-order valence-corrected chi connectivity index (χ3v) is 4.98. The molecule has 0 aliphatic rings. The van der Waals surface area contributed by atoms with Crippen molar-refractivity contribution in [2.75, 3.05) is 18.8 Å². The van der Waals surface area contributed by atoms with Crippen molar-refractivity contribution in [1.82, 2.24) is 4.31 Å². The maximum atomic E-state index is 12.2. The fourth-order valence-electron chi connectivity index (χ4n) is 1.64. The van der Waals surface area contributed by atoms with Crippen molar-refractivity contribution in [2.24, 2.45) is 5.41 Å². The van der Waals surface area contributed by atoms with Crippen LogP contribution in [0.4, 0.5) is 0 Å². The Morgan fingerprint density at radius 2 is 1.50 bits per heavy atom. The lowest BCUT2D eigenvalue weighted by atomic mass is 9.92. The lowest BCUT2D eigenvalue weighted by Crippen LogP contribution is -2.36. The summed E-state index contributed by atoms with van der Waals surface area (Å²) in [4.78, 5) is 0. The predicted octanol–water partition coefficient (Wildman–Crippen LogP) is 3.65. The number of unbranched alkanes of at least 4 members (excludes halogenated alkanes) is 2. The van der Waals surface area contributed by atoms with E-state index in [4.69, 9.17) is 0 Å². The zero-order chi connectivity index (χ0) is 14.2. The van der Waals surface area contributed by atoms with Crippen molar-refractivity contribution in [3.05, 3.63) is 0 Å². The van der Waals surface area contributed by atoms with Crippen molar-refractivity contribution in [1.29, 1.82) is 0 Å². The molecule has 0 unspecified atom stereocenters. The first-order valence-electron chi connectivity index (χ1n) is 7.20. The SMILES string of the molecule is CCCCN(CCC(C)(C)C)S(=O)(=O)CCCC. The Morgan fingerprint density at radius 3 is 1.94 bits per heavy atom. The van der Waals surface area contributed by atoms with Crippen molar-refractivity contribution in [3.63, 3.8) is 0 Å². The molecule has 0 radical (unpaired) electrons. The molecule has 0 amide bonds. The third-order valence-electron chi connectivity index (χ3n) is 3.02. The van der Waals surface area contributed by atoms with E-state index in [1.807, 2.05) is 6.92 Å². The van der Waals surface area contributed by atoms with E-state index < -0.39 is 10.0 Å². The van der Waals surface area contributed by atoms with Gasteiger partial charge in [0.1, 0.15) is 0 Å². The van der Waals surface area contributed by atoms with Gasteiger partial charge in [0.2, 0.25) is 10.0 Å². The van der Waals surface area contributed by atoms with Crippen molar-refractivity contribution in [3.8, 4) is 0 Å². The van der Waals surface area contributed by atoms with E-state index in [9.17, 15) is 8.42 Å². The zero-order valence-electron chi connectivity index (χ0n) is 12.8. The minimum absolute atomic E-state index is 0.185. The van der Waals surface area contributed by atoms with Crippen LogP contribution in [0.1, 0.15) is 66.7 Å². The monoisotopic (exact) mass is 277 g/mol. The lowest BCUT2D eigenvalue weighted by Gasteiger charge is -2.26. The minimum atomic E-state index is -3.05. The van der Waals surface area contributed by atoms with Gasteiger partial charge < -0.3 is 0 Å². The second kappa shape index (κ2) is 8.16. The average molecular weight is 277 g/mol. The summed E-state index contributed by atoms with van der Waals surface area (Å²) in [7, 11) is -3.05. The molecule has 0 bridgehead atoms. The standard InChI is InChI=1S/C14H31NO2S/c1-6-8-11-15(12-10-14(3,4)5)18(16,17)13-9-7-2/h6-13H2,1-5H3. The largest absolute Gasteiger partial charge is 0.214 e. The van der Waals surface area contributed by atoms with Gasteiger partial charge in [-0.05, 0) is 24.7 Å². The summed E-state index contributed by atoms with van der Waals surface area (Å²) in [5.74, 6) is 0.303. The van der Waals surface area contributed by atoms with Crippen LogP contribution in [0.15, 0.2) is 0 Å². The van der Waals surface area contributed by atoms with Gasteiger partial charge in [0.15, 0.2) is 0 Å². The molecule has 0 aromatic rings. The molecule has 0 fully saturated rings. The van der Waals surface area contributed by atoms with E-state index in [1.54, 1.807) is 4.31 Å². The van der Waals surface area contributed by atoms with Gasteiger partial charge in [-0.2, -0.15) is 0 Å². The van der Waals surface area contributed by atoms with Crippen LogP contribution in [0.5, 0.6) is 0 Å². The molecule has 0 aliphatic carbocycles. The first-order chi connectivity index (χ1) is 8.23. The van der Waals surface area contributed by atoms with Crippen LogP contribution in [0.3, 0.4) is 0 Å². The van der Waals surface area contributed by atoms with Crippen LogP contribution in [0, 0.1) is 5.41 Å². The van der Waals surface area contributed by atoms with E-state index in [-0.39, 0.29) is 5.41 Å². The van der Waals surface area contributed by atoms with Gasteiger partial charge in [-0.1, -0.05) is 47.5 Å². The Kier molecular flexibility index (Phi) is 8.11. The number of hydrogen-bond acceptors (Lipinski definition) is 2. The van der Waals surface area contributed by atoms with E-state index in [0.29, 0.717) is 18.8 Å². The molecular weight excluding hydrogens is 246 g/mol. The number of sulfonamides is 1. The molecule has 0 saturated carbocycles. The molecule has 0 N–H and O–H groups in total. The fourth-order valence-corrected chi connectivity index (χ4v) is 3.33. The molecule has 0 spiro atoms. The van der Waals surface area contributed by atoms with Gasteiger partial charge in [-0.25, -0.2) is 12.7 Å². The van der Waals surface area contributed by atoms with E-state index in [1.165, 1.54) is 0 Å². The molecule has 4 heteroatoms.